The largest absolute Gasteiger partial charge is 0.334 e. The number of hydrogen-bond donors (Lipinski definition) is 0. The Labute approximate surface area is 144 Å². The number of aryl methyl sites for hydroxylation is 1. The summed E-state index contributed by atoms with van der Waals surface area (Å²) in [6.45, 7) is 3.13. The van der Waals surface area contributed by atoms with E-state index in [-0.39, 0.29) is 18.0 Å². The Bertz CT molecular complexity index is 717. The summed E-state index contributed by atoms with van der Waals surface area (Å²) < 4.78 is 25.8. The SMILES string of the molecule is Cc1cccc(CN2C(=O)CCCC[C@@H]3[C@@H]2CCN3S(C)(=O)=O)c1. The standard InChI is InChI=1S/C18H26N2O3S/c1-14-6-5-7-15(12-14)13-19-16-10-11-20(24(2,22)23)17(16)8-3-4-9-18(19)21/h5-7,12,16-17H,3-4,8-11,13H2,1-2H3/t16-,17+/m0/s1. The van der Waals surface area contributed by atoms with E-state index in [0.717, 1.165) is 31.2 Å². The van der Waals surface area contributed by atoms with Crippen LogP contribution in [0.25, 0.3) is 0 Å². The zero-order chi connectivity index (χ0) is 17.3. The Morgan fingerprint density at radius 2 is 1.96 bits per heavy atom. The number of rotatable bonds is 3. The van der Waals surface area contributed by atoms with E-state index < -0.39 is 10.0 Å². The molecule has 0 unspecified atom stereocenters. The van der Waals surface area contributed by atoms with E-state index in [4.69, 9.17) is 0 Å². The fraction of sp³-hybridized carbons (Fsp3) is 0.611. The summed E-state index contributed by atoms with van der Waals surface area (Å²) in [5, 5.41) is 0. The molecule has 2 fully saturated rings. The Morgan fingerprint density at radius 3 is 2.67 bits per heavy atom. The Kier molecular flexibility index (Phi) is 4.97. The molecule has 0 spiro atoms. The summed E-state index contributed by atoms with van der Waals surface area (Å²) in [5.74, 6) is 0.154. The van der Waals surface area contributed by atoms with Crippen LogP contribution in [0.4, 0.5) is 0 Å². The van der Waals surface area contributed by atoms with Crippen molar-refractivity contribution in [2.75, 3.05) is 12.8 Å². The lowest BCUT2D eigenvalue weighted by molar-refractivity contribution is -0.135. The van der Waals surface area contributed by atoms with E-state index in [0.29, 0.717) is 19.5 Å². The van der Waals surface area contributed by atoms with E-state index in [1.807, 2.05) is 30.0 Å². The lowest BCUT2D eigenvalue weighted by atomic mass is 9.96. The van der Waals surface area contributed by atoms with Crippen molar-refractivity contribution in [3.05, 3.63) is 35.4 Å². The molecule has 132 valence electrons. The van der Waals surface area contributed by atoms with Crippen molar-refractivity contribution >= 4 is 15.9 Å². The van der Waals surface area contributed by atoms with Gasteiger partial charge in [-0.3, -0.25) is 4.79 Å². The molecule has 2 saturated heterocycles. The molecule has 2 heterocycles. The Hall–Kier alpha value is -1.40. The van der Waals surface area contributed by atoms with Gasteiger partial charge in [0.2, 0.25) is 15.9 Å². The van der Waals surface area contributed by atoms with Crippen molar-refractivity contribution in [1.29, 1.82) is 0 Å². The van der Waals surface area contributed by atoms with E-state index in [1.165, 1.54) is 11.8 Å². The van der Waals surface area contributed by atoms with Crippen LogP contribution < -0.4 is 0 Å². The van der Waals surface area contributed by atoms with Gasteiger partial charge in [-0.1, -0.05) is 36.2 Å². The van der Waals surface area contributed by atoms with Crippen LogP contribution in [0.3, 0.4) is 0 Å². The highest BCUT2D eigenvalue weighted by Crippen LogP contribution is 2.32. The molecule has 1 aromatic rings. The van der Waals surface area contributed by atoms with Crippen molar-refractivity contribution in [3.63, 3.8) is 0 Å². The smallest absolute Gasteiger partial charge is 0.223 e. The normalized spacial score (nSPS) is 26.1. The highest BCUT2D eigenvalue weighted by Gasteiger charge is 2.43. The van der Waals surface area contributed by atoms with Crippen LogP contribution >= 0.6 is 0 Å². The van der Waals surface area contributed by atoms with Crippen molar-refractivity contribution in [1.82, 2.24) is 9.21 Å². The van der Waals surface area contributed by atoms with Gasteiger partial charge in [0.1, 0.15) is 0 Å². The minimum atomic E-state index is -3.23. The van der Waals surface area contributed by atoms with E-state index in [1.54, 1.807) is 4.31 Å². The number of nitrogens with zero attached hydrogens (tertiary/aromatic N) is 2. The maximum absolute atomic E-state index is 12.7. The average Bonchev–Trinajstić information content (AvgIpc) is 2.91. The monoisotopic (exact) mass is 350 g/mol. The maximum Gasteiger partial charge on any atom is 0.223 e. The van der Waals surface area contributed by atoms with Crippen LogP contribution in [0.1, 0.15) is 43.2 Å². The summed E-state index contributed by atoms with van der Waals surface area (Å²) in [5.41, 5.74) is 2.29. The fourth-order valence-electron chi connectivity index (χ4n) is 4.09. The molecule has 0 aromatic heterocycles. The molecule has 0 aliphatic carbocycles. The molecular weight excluding hydrogens is 324 g/mol. The van der Waals surface area contributed by atoms with Gasteiger partial charge in [0.25, 0.3) is 0 Å². The van der Waals surface area contributed by atoms with Gasteiger partial charge in [-0.15, -0.1) is 0 Å². The van der Waals surface area contributed by atoms with Gasteiger partial charge in [-0.2, -0.15) is 4.31 Å². The summed E-state index contributed by atoms with van der Waals surface area (Å²) in [6, 6.07) is 8.11. The third kappa shape index (κ3) is 3.64. The molecule has 5 nitrogen and oxygen atoms in total. The molecule has 3 rings (SSSR count). The quantitative estimate of drug-likeness (QED) is 0.840. The molecule has 6 heteroatoms. The maximum atomic E-state index is 12.7. The number of hydrogen-bond acceptors (Lipinski definition) is 3. The van der Waals surface area contributed by atoms with Gasteiger partial charge in [-0.25, -0.2) is 8.42 Å². The average molecular weight is 350 g/mol. The number of fused-ring (bicyclic) bond motifs is 1. The molecule has 2 aliphatic heterocycles. The number of carbonyl (C=O) groups is 1. The first-order valence-electron chi connectivity index (χ1n) is 8.68. The molecule has 24 heavy (non-hydrogen) atoms. The Balaban J connectivity index is 1.88. The summed E-state index contributed by atoms with van der Waals surface area (Å²) in [6.07, 6.45) is 5.17. The summed E-state index contributed by atoms with van der Waals surface area (Å²) >= 11 is 0. The van der Waals surface area contributed by atoms with E-state index in [9.17, 15) is 13.2 Å². The van der Waals surface area contributed by atoms with Gasteiger partial charge in [-0.05, 0) is 31.7 Å². The second kappa shape index (κ2) is 6.84. The fourth-order valence-corrected chi connectivity index (χ4v) is 5.27. The second-order valence-corrected chi connectivity index (χ2v) is 8.99. The van der Waals surface area contributed by atoms with Gasteiger partial charge >= 0.3 is 0 Å². The molecular formula is C18H26N2O3S. The third-order valence-corrected chi connectivity index (χ3v) is 6.49. The number of benzene rings is 1. The lowest BCUT2D eigenvalue weighted by Gasteiger charge is -2.37. The highest BCUT2D eigenvalue weighted by atomic mass is 32.2. The first-order chi connectivity index (χ1) is 11.4. The number of amides is 1. The predicted octanol–water partition coefficient (Wildman–Crippen LogP) is 2.30. The summed E-state index contributed by atoms with van der Waals surface area (Å²) in [4.78, 5) is 14.6. The molecule has 2 aliphatic rings. The van der Waals surface area contributed by atoms with Gasteiger partial charge < -0.3 is 4.90 Å². The molecule has 0 radical (unpaired) electrons. The van der Waals surface area contributed by atoms with Crippen LogP contribution in [0.15, 0.2) is 24.3 Å². The molecule has 1 amide bonds. The van der Waals surface area contributed by atoms with Gasteiger partial charge in [0.15, 0.2) is 0 Å². The van der Waals surface area contributed by atoms with Crippen LogP contribution in [0.5, 0.6) is 0 Å². The zero-order valence-electron chi connectivity index (χ0n) is 14.4. The van der Waals surface area contributed by atoms with Crippen LogP contribution in [0, 0.1) is 6.92 Å². The van der Waals surface area contributed by atoms with Crippen molar-refractivity contribution in [2.45, 2.75) is 57.7 Å². The molecule has 0 bridgehead atoms. The van der Waals surface area contributed by atoms with Crippen LogP contribution in [0.2, 0.25) is 0 Å². The number of sulfonamides is 1. The first-order valence-corrected chi connectivity index (χ1v) is 10.5. The van der Waals surface area contributed by atoms with Crippen LogP contribution in [-0.4, -0.2) is 48.4 Å². The zero-order valence-corrected chi connectivity index (χ0v) is 15.3. The van der Waals surface area contributed by atoms with Gasteiger partial charge in [0, 0.05) is 31.6 Å². The topological polar surface area (TPSA) is 57.7 Å². The van der Waals surface area contributed by atoms with Crippen molar-refractivity contribution in [3.8, 4) is 0 Å². The minimum absolute atomic E-state index is 0.00645. The van der Waals surface area contributed by atoms with Crippen LogP contribution in [-0.2, 0) is 21.4 Å². The first kappa shape index (κ1) is 17.4. The number of likely N-dealkylation sites (tertiary alicyclic amines) is 1. The highest BCUT2D eigenvalue weighted by molar-refractivity contribution is 7.88. The van der Waals surface area contributed by atoms with E-state index >= 15 is 0 Å². The van der Waals surface area contributed by atoms with E-state index in [2.05, 4.69) is 6.07 Å². The van der Waals surface area contributed by atoms with Gasteiger partial charge in [0.05, 0.1) is 6.26 Å². The Morgan fingerprint density at radius 1 is 1.17 bits per heavy atom. The molecule has 0 saturated carbocycles. The molecule has 2 atom stereocenters. The lowest BCUT2D eigenvalue weighted by Crippen LogP contribution is -2.49. The molecule has 0 N–H and O–H groups in total. The number of carbonyl (C=O) groups excluding carboxylic acids is 1. The minimum Gasteiger partial charge on any atom is -0.334 e. The second-order valence-electron chi connectivity index (χ2n) is 7.05. The van der Waals surface area contributed by atoms with Crippen molar-refractivity contribution < 1.29 is 13.2 Å². The predicted molar refractivity (Wildman–Crippen MR) is 93.9 cm³/mol. The van der Waals surface area contributed by atoms with Crippen molar-refractivity contribution in [2.24, 2.45) is 0 Å². The summed E-state index contributed by atoms with van der Waals surface area (Å²) in [7, 11) is -3.23. The third-order valence-electron chi connectivity index (χ3n) is 5.18. The molecule has 1 aromatic carbocycles.